The number of para-hydroxylation sites is 1. The summed E-state index contributed by atoms with van der Waals surface area (Å²) < 4.78 is 12.2. The van der Waals surface area contributed by atoms with Gasteiger partial charge in [0.15, 0.2) is 0 Å². The summed E-state index contributed by atoms with van der Waals surface area (Å²) in [6.45, 7) is 4.11. The molecule has 1 saturated heterocycles. The van der Waals surface area contributed by atoms with Crippen molar-refractivity contribution in [2.24, 2.45) is 0 Å². The number of nitrogens with one attached hydrogen (secondary N) is 2. The molecule has 1 aliphatic heterocycles. The van der Waals surface area contributed by atoms with Crippen molar-refractivity contribution in [3.05, 3.63) is 63.2 Å². The quantitative estimate of drug-likeness (QED) is 0.384. The normalized spacial score (nSPS) is 14.4. The number of anilines is 3. The molecule has 0 saturated carbocycles. The van der Waals surface area contributed by atoms with Crippen LogP contribution in [0.2, 0.25) is 5.02 Å². The fraction of sp³-hybridized carbons (Fsp3) is 0.320. The van der Waals surface area contributed by atoms with Gasteiger partial charge in [0.2, 0.25) is 11.8 Å². The minimum atomic E-state index is -0.437. The highest BCUT2D eigenvalue weighted by atomic mass is 79.9. The van der Waals surface area contributed by atoms with E-state index in [1.54, 1.807) is 18.2 Å². The summed E-state index contributed by atoms with van der Waals surface area (Å²) in [4.78, 5) is 23.8. The van der Waals surface area contributed by atoms with E-state index in [1.165, 1.54) is 13.3 Å². The first-order chi connectivity index (χ1) is 16.8. The van der Waals surface area contributed by atoms with Gasteiger partial charge in [0, 0.05) is 29.4 Å². The number of nitrogens with zero attached hydrogens (tertiary/aromatic N) is 3. The van der Waals surface area contributed by atoms with Crippen LogP contribution in [0.25, 0.3) is 0 Å². The van der Waals surface area contributed by atoms with Crippen molar-refractivity contribution >= 4 is 50.8 Å². The van der Waals surface area contributed by atoms with Gasteiger partial charge >= 0.3 is 0 Å². The Balaban J connectivity index is 1.45. The minimum Gasteiger partial charge on any atom is -0.490 e. The largest absolute Gasteiger partial charge is 0.490 e. The molecule has 1 aromatic heterocycles. The SMILES string of the molecule is COc1nc(Nc2ccc(OC3CCN(C)CC3)c(C)c2)ncc1C(=O)Nc1c(Cl)cccc1Br. The summed E-state index contributed by atoms with van der Waals surface area (Å²) in [7, 11) is 3.59. The maximum atomic E-state index is 12.8. The number of aromatic nitrogens is 2. The molecule has 184 valence electrons. The Morgan fingerprint density at radius 1 is 1.23 bits per heavy atom. The Kier molecular flexibility index (Phi) is 8.10. The minimum absolute atomic E-state index is 0.141. The molecule has 10 heteroatoms. The van der Waals surface area contributed by atoms with Gasteiger partial charge in [0.1, 0.15) is 17.4 Å². The Morgan fingerprint density at radius 3 is 2.69 bits per heavy atom. The fourth-order valence-electron chi connectivity index (χ4n) is 3.81. The molecule has 8 nitrogen and oxygen atoms in total. The number of piperidine rings is 1. The lowest BCUT2D eigenvalue weighted by molar-refractivity contribution is 0.102. The summed E-state index contributed by atoms with van der Waals surface area (Å²) in [6, 6.07) is 11.1. The number of hydrogen-bond donors (Lipinski definition) is 2. The number of likely N-dealkylation sites (tertiary alicyclic amines) is 1. The van der Waals surface area contributed by atoms with E-state index in [9.17, 15) is 4.79 Å². The van der Waals surface area contributed by atoms with Crippen molar-refractivity contribution in [1.82, 2.24) is 14.9 Å². The standard InChI is InChI=1S/C25H27BrClN5O3/c1-15-13-16(7-8-21(15)35-17-9-11-32(2)12-10-17)29-25-28-14-18(24(31-25)34-3)23(33)30-22-19(26)5-4-6-20(22)27/h4-8,13-14,17H,9-12H2,1-3H3,(H,30,33)(H,28,29,31). The predicted octanol–water partition coefficient (Wildman–Crippen LogP) is 5.68. The summed E-state index contributed by atoms with van der Waals surface area (Å²) in [5.74, 6) is 0.887. The van der Waals surface area contributed by atoms with Crippen molar-refractivity contribution in [1.29, 1.82) is 0 Å². The van der Waals surface area contributed by atoms with Crippen LogP contribution >= 0.6 is 27.5 Å². The summed E-state index contributed by atoms with van der Waals surface area (Å²) in [5, 5.41) is 6.35. The molecule has 3 aromatic rings. The van der Waals surface area contributed by atoms with Crippen molar-refractivity contribution in [2.45, 2.75) is 25.9 Å². The number of carbonyl (C=O) groups excluding carboxylic acids is 1. The summed E-state index contributed by atoms with van der Waals surface area (Å²) >= 11 is 9.60. The first kappa shape index (κ1) is 25.2. The first-order valence-electron chi connectivity index (χ1n) is 11.2. The molecular weight excluding hydrogens is 534 g/mol. The van der Waals surface area contributed by atoms with Gasteiger partial charge in [-0.15, -0.1) is 0 Å². The van der Waals surface area contributed by atoms with Crippen LogP contribution in [-0.4, -0.2) is 54.1 Å². The highest BCUT2D eigenvalue weighted by molar-refractivity contribution is 9.10. The summed E-state index contributed by atoms with van der Waals surface area (Å²) in [5.41, 5.74) is 2.46. The molecule has 0 unspecified atom stereocenters. The number of hydrogen-bond acceptors (Lipinski definition) is 7. The molecule has 35 heavy (non-hydrogen) atoms. The van der Waals surface area contributed by atoms with E-state index in [2.05, 4.69) is 48.5 Å². The maximum absolute atomic E-state index is 12.8. The van der Waals surface area contributed by atoms with E-state index in [0.29, 0.717) is 21.1 Å². The second-order valence-corrected chi connectivity index (χ2v) is 9.65. The van der Waals surface area contributed by atoms with Crippen LogP contribution in [0.4, 0.5) is 17.3 Å². The van der Waals surface area contributed by atoms with Gasteiger partial charge in [0.25, 0.3) is 5.91 Å². The number of aryl methyl sites for hydroxylation is 1. The van der Waals surface area contributed by atoms with E-state index in [0.717, 1.165) is 42.9 Å². The maximum Gasteiger partial charge on any atom is 0.262 e. The Hall–Kier alpha value is -2.88. The Labute approximate surface area is 218 Å². The third-order valence-electron chi connectivity index (χ3n) is 5.78. The number of amides is 1. The zero-order chi connectivity index (χ0) is 24.9. The van der Waals surface area contributed by atoms with Gasteiger partial charge in [-0.25, -0.2) is 4.98 Å². The zero-order valence-electron chi connectivity index (χ0n) is 19.8. The zero-order valence-corrected chi connectivity index (χ0v) is 22.1. The molecule has 1 aliphatic rings. The number of rotatable bonds is 7. The lowest BCUT2D eigenvalue weighted by Crippen LogP contribution is -2.35. The Morgan fingerprint density at radius 2 is 2.00 bits per heavy atom. The van der Waals surface area contributed by atoms with E-state index in [-0.39, 0.29) is 17.5 Å². The van der Waals surface area contributed by atoms with Gasteiger partial charge in [0.05, 0.1) is 17.8 Å². The van der Waals surface area contributed by atoms with Crippen molar-refractivity contribution in [3.63, 3.8) is 0 Å². The van der Waals surface area contributed by atoms with Crippen LogP contribution in [0.5, 0.6) is 11.6 Å². The van der Waals surface area contributed by atoms with Gasteiger partial charge in [-0.3, -0.25) is 4.79 Å². The number of benzene rings is 2. The first-order valence-corrected chi connectivity index (χ1v) is 12.4. The van der Waals surface area contributed by atoms with Crippen molar-refractivity contribution in [2.75, 3.05) is 37.9 Å². The molecule has 4 rings (SSSR count). The number of ether oxygens (including phenoxy) is 2. The van der Waals surface area contributed by atoms with Crippen LogP contribution in [-0.2, 0) is 0 Å². The third-order valence-corrected chi connectivity index (χ3v) is 6.76. The smallest absolute Gasteiger partial charge is 0.262 e. The lowest BCUT2D eigenvalue weighted by atomic mass is 10.1. The molecule has 1 fully saturated rings. The average molecular weight is 561 g/mol. The van der Waals surface area contributed by atoms with Gasteiger partial charge in [-0.1, -0.05) is 17.7 Å². The van der Waals surface area contributed by atoms with E-state index >= 15 is 0 Å². The van der Waals surface area contributed by atoms with E-state index in [4.69, 9.17) is 21.1 Å². The molecule has 2 heterocycles. The molecule has 2 N–H and O–H groups in total. The number of carbonyl (C=O) groups is 1. The highest BCUT2D eigenvalue weighted by Gasteiger charge is 2.20. The van der Waals surface area contributed by atoms with E-state index in [1.807, 2.05) is 25.1 Å². The molecule has 0 spiro atoms. The van der Waals surface area contributed by atoms with Crippen LogP contribution in [0.3, 0.4) is 0 Å². The predicted molar refractivity (Wildman–Crippen MR) is 141 cm³/mol. The fourth-order valence-corrected chi connectivity index (χ4v) is 4.61. The van der Waals surface area contributed by atoms with E-state index < -0.39 is 5.91 Å². The molecule has 0 bridgehead atoms. The van der Waals surface area contributed by atoms with Gasteiger partial charge in [-0.05, 0) is 78.6 Å². The van der Waals surface area contributed by atoms with Gasteiger partial charge < -0.3 is 25.0 Å². The molecule has 0 radical (unpaired) electrons. The molecule has 0 atom stereocenters. The molecule has 2 aromatic carbocycles. The molecule has 0 aliphatic carbocycles. The van der Waals surface area contributed by atoms with Crippen LogP contribution in [0.15, 0.2) is 47.1 Å². The van der Waals surface area contributed by atoms with Crippen LogP contribution in [0.1, 0.15) is 28.8 Å². The van der Waals surface area contributed by atoms with Gasteiger partial charge in [-0.2, -0.15) is 4.98 Å². The highest BCUT2D eigenvalue weighted by Crippen LogP contribution is 2.31. The number of methoxy groups -OCH3 is 1. The third kappa shape index (κ3) is 6.22. The Bertz CT molecular complexity index is 1200. The topological polar surface area (TPSA) is 88.6 Å². The monoisotopic (exact) mass is 559 g/mol. The van der Waals surface area contributed by atoms with Crippen molar-refractivity contribution in [3.8, 4) is 11.6 Å². The number of halogens is 2. The average Bonchev–Trinajstić information content (AvgIpc) is 2.84. The summed E-state index contributed by atoms with van der Waals surface area (Å²) in [6.07, 6.45) is 3.70. The van der Waals surface area contributed by atoms with Crippen molar-refractivity contribution < 1.29 is 14.3 Å². The second kappa shape index (κ2) is 11.2. The van der Waals surface area contributed by atoms with Crippen LogP contribution in [0, 0.1) is 6.92 Å². The molecular formula is C25H27BrClN5O3. The lowest BCUT2D eigenvalue weighted by Gasteiger charge is -2.29. The van der Waals surface area contributed by atoms with Crippen LogP contribution < -0.4 is 20.1 Å². The molecule has 1 amide bonds. The second-order valence-electron chi connectivity index (χ2n) is 8.39.